The maximum atomic E-state index is 12.8. The molecule has 2 aliphatic rings. The fourth-order valence-corrected chi connectivity index (χ4v) is 3.71. The van der Waals surface area contributed by atoms with Crippen molar-refractivity contribution in [1.29, 1.82) is 0 Å². The Balaban J connectivity index is 1.72. The van der Waals surface area contributed by atoms with Crippen LogP contribution in [0.3, 0.4) is 0 Å². The van der Waals surface area contributed by atoms with Crippen LogP contribution in [-0.4, -0.2) is 24.9 Å². The van der Waals surface area contributed by atoms with Gasteiger partial charge in [0.15, 0.2) is 0 Å². The Hall–Kier alpha value is -2.14. The Morgan fingerprint density at radius 1 is 1.00 bits per heavy atom. The van der Waals surface area contributed by atoms with Crippen LogP contribution in [0, 0.1) is 5.92 Å². The lowest BCUT2D eigenvalue weighted by molar-refractivity contribution is -0.119. The van der Waals surface area contributed by atoms with E-state index in [0.717, 1.165) is 30.6 Å². The van der Waals surface area contributed by atoms with Crippen LogP contribution in [0.25, 0.3) is 0 Å². The van der Waals surface area contributed by atoms with Crippen molar-refractivity contribution in [2.75, 3.05) is 22.9 Å². The largest absolute Gasteiger partial charge is 0.310 e. The highest BCUT2D eigenvalue weighted by Gasteiger charge is 2.36. The maximum Gasteiger partial charge on any atom is 0.259 e. The van der Waals surface area contributed by atoms with Crippen molar-refractivity contribution in [1.82, 2.24) is 0 Å². The molecule has 2 amide bonds. The van der Waals surface area contributed by atoms with Crippen molar-refractivity contribution in [2.24, 2.45) is 5.92 Å². The number of carbonyl (C=O) groups excluding carboxylic acids is 2. The molecule has 0 bridgehead atoms. The zero-order valence-corrected chi connectivity index (χ0v) is 13.6. The molecule has 118 valence electrons. The highest BCUT2D eigenvalue weighted by molar-refractivity contribution is 7.08. The maximum absolute atomic E-state index is 12.8. The average molecular weight is 326 g/mol. The molecule has 1 aromatic heterocycles. The van der Waals surface area contributed by atoms with Gasteiger partial charge in [0.2, 0.25) is 5.91 Å². The topological polar surface area (TPSA) is 40.6 Å². The third-order valence-corrected chi connectivity index (χ3v) is 5.12. The predicted octanol–water partition coefficient (Wildman–Crippen LogP) is 3.54. The van der Waals surface area contributed by atoms with Crippen LogP contribution in [0.1, 0.15) is 29.6 Å². The first-order chi connectivity index (χ1) is 11.3. The molecular formula is C18H18N2O2S. The molecule has 5 heteroatoms. The predicted molar refractivity (Wildman–Crippen MR) is 92.1 cm³/mol. The molecule has 0 N–H and O–H groups in total. The molecule has 2 heterocycles. The minimum atomic E-state index is 0.0134. The summed E-state index contributed by atoms with van der Waals surface area (Å²) in [5.41, 5.74) is 2.42. The van der Waals surface area contributed by atoms with Crippen LogP contribution < -0.4 is 9.80 Å². The highest BCUT2D eigenvalue weighted by atomic mass is 32.1. The Morgan fingerprint density at radius 2 is 1.70 bits per heavy atom. The highest BCUT2D eigenvalue weighted by Crippen LogP contribution is 2.38. The second-order valence-corrected chi connectivity index (χ2v) is 6.86. The molecule has 1 aliphatic heterocycles. The first-order valence-corrected chi connectivity index (χ1v) is 8.94. The van der Waals surface area contributed by atoms with Crippen molar-refractivity contribution < 1.29 is 9.59 Å². The van der Waals surface area contributed by atoms with E-state index in [-0.39, 0.29) is 17.7 Å². The van der Waals surface area contributed by atoms with E-state index in [1.165, 1.54) is 11.3 Å². The Labute approximate surface area is 139 Å². The first kappa shape index (κ1) is 14.5. The Morgan fingerprint density at radius 3 is 2.35 bits per heavy atom. The van der Waals surface area contributed by atoms with Gasteiger partial charge in [-0.25, -0.2) is 0 Å². The number of rotatable bonds is 2. The summed E-state index contributed by atoms with van der Waals surface area (Å²) in [6.07, 6.45) is 2.78. The average Bonchev–Trinajstić information content (AvgIpc) is 3.32. The van der Waals surface area contributed by atoms with Crippen LogP contribution in [0.4, 0.5) is 11.4 Å². The molecule has 1 aliphatic carbocycles. The van der Waals surface area contributed by atoms with Crippen LogP contribution in [0.5, 0.6) is 0 Å². The number of thiophene rings is 1. The number of benzene rings is 1. The molecule has 0 unspecified atom stereocenters. The Bertz CT molecular complexity index is 737. The van der Waals surface area contributed by atoms with Gasteiger partial charge in [0.05, 0.1) is 16.9 Å². The van der Waals surface area contributed by atoms with E-state index >= 15 is 0 Å². The standard InChI is InChI=1S/C18H18N2O2S/c21-17(13-6-7-13)19-9-3-10-20(16-5-2-1-4-15(16)19)18(22)14-8-11-23-12-14/h1-2,4-5,8,11-13H,3,6-7,9-10H2. The van der Waals surface area contributed by atoms with Gasteiger partial charge in [-0.15, -0.1) is 0 Å². The van der Waals surface area contributed by atoms with Gasteiger partial charge in [-0.05, 0) is 42.8 Å². The second kappa shape index (κ2) is 5.81. The number of hydrogen-bond donors (Lipinski definition) is 0. The smallest absolute Gasteiger partial charge is 0.259 e. The number of carbonyl (C=O) groups is 2. The summed E-state index contributed by atoms with van der Waals surface area (Å²) in [5, 5.41) is 3.79. The summed E-state index contributed by atoms with van der Waals surface area (Å²) >= 11 is 1.52. The fraction of sp³-hybridized carbons (Fsp3) is 0.333. The van der Waals surface area contributed by atoms with E-state index in [4.69, 9.17) is 0 Å². The third-order valence-electron chi connectivity index (χ3n) is 4.43. The summed E-state index contributed by atoms with van der Waals surface area (Å²) in [6.45, 7) is 1.32. The van der Waals surface area contributed by atoms with Crippen LogP contribution in [-0.2, 0) is 4.79 Å². The normalized spacial score (nSPS) is 17.6. The molecular weight excluding hydrogens is 308 g/mol. The lowest BCUT2D eigenvalue weighted by atomic mass is 10.2. The molecule has 1 saturated carbocycles. The van der Waals surface area contributed by atoms with E-state index in [9.17, 15) is 9.59 Å². The third kappa shape index (κ3) is 2.65. The summed E-state index contributed by atoms with van der Waals surface area (Å²) < 4.78 is 0. The van der Waals surface area contributed by atoms with Gasteiger partial charge in [0.25, 0.3) is 5.91 Å². The molecule has 4 rings (SSSR count). The number of fused-ring (bicyclic) bond motifs is 1. The van der Waals surface area contributed by atoms with Gasteiger partial charge in [-0.1, -0.05) is 12.1 Å². The molecule has 0 atom stereocenters. The second-order valence-electron chi connectivity index (χ2n) is 6.08. The molecule has 1 fully saturated rings. The Kier molecular flexibility index (Phi) is 3.65. The summed E-state index contributed by atoms with van der Waals surface area (Å²) in [6, 6.07) is 9.61. The summed E-state index contributed by atoms with van der Waals surface area (Å²) in [4.78, 5) is 29.1. The van der Waals surface area contributed by atoms with Gasteiger partial charge in [0, 0.05) is 24.4 Å². The molecule has 1 aromatic carbocycles. The number of nitrogens with zero attached hydrogens (tertiary/aromatic N) is 2. The van der Waals surface area contributed by atoms with Gasteiger partial charge in [-0.3, -0.25) is 9.59 Å². The van der Waals surface area contributed by atoms with E-state index in [1.54, 1.807) is 0 Å². The molecule has 0 spiro atoms. The van der Waals surface area contributed by atoms with Crippen LogP contribution in [0.2, 0.25) is 0 Å². The van der Waals surface area contributed by atoms with Crippen LogP contribution >= 0.6 is 11.3 Å². The number of hydrogen-bond acceptors (Lipinski definition) is 3. The SMILES string of the molecule is O=C(c1ccsc1)N1CCCN(C(=O)C2CC2)c2ccccc21. The zero-order chi connectivity index (χ0) is 15.8. The van der Waals surface area contributed by atoms with Crippen molar-refractivity contribution >= 4 is 34.5 Å². The van der Waals surface area contributed by atoms with Gasteiger partial charge in [-0.2, -0.15) is 11.3 Å². The van der Waals surface area contributed by atoms with Gasteiger partial charge < -0.3 is 9.80 Å². The van der Waals surface area contributed by atoms with E-state index in [1.807, 2.05) is 50.9 Å². The lowest BCUT2D eigenvalue weighted by Gasteiger charge is -2.25. The van der Waals surface area contributed by atoms with Crippen molar-refractivity contribution in [2.45, 2.75) is 19.3 Å². The van der Waals surface area contributed by atoms with Crippen molar-refractivity contribution in [3.63, 3.8) is 0 Å². The number of anilines is 2. The molecule has 23 heavy (non-hydrogen) atoms. The quantitative estimate of drug-likeness (QED) is 0.847. The van der Waals surface area contributed by atoms with E-state index in [2.05, 4.69) is 0 Å². The fourth-order valence-electron chi connectivity index (χ4n) is 3.08. The minimum Gasteiger partial charge on any atom is -0.310 e. The molecule has 0 saturated heterocycles. The zero-order valence-electron chi connectivity index (χ0n) is 12.8. The number of amides is 2. The summed E-state index contributed by atoms with van der Waals surface area (Å²) in [5.74, 6) is 0.406. The lowest BCUT2D eigenvalue weighted by Crippen LogP contribution is -2.32. The number of para-hydroxylation sites is 2. The minimum absolute atomic E-state index is 0.0134. The molecule has 0 radical (unpaired) electrons. The molecule has 2 aromatic rings. The first-order valence-electron chi connectivity index (χ1n) is 8.00. The van der Waals surface area contributed by atoms with Crippen molar-refractivity contribution in [3.05, 3.63) is 46.7 Å². The summed E-state index contributed by atoms with van der Waals surface area (Å²) in [7, 11) is 0. The van der Waals surface area contributed by atoms with Crippen molar-refractivity contribution in [3.8, 4) is 0 Å². The van der Waals surface area contributed by atoms with E-state index in [0.29, 0.717) is 18.7 Å². The van der Waals surface area contributed by atoms with Crippen LogP contribution in [0.15, 0.2) is 41.1 Å². The monoisotopic (exact) mass is 326 g/mol. The van der Waals surface area contributed by atoms with Gasteiger partial charge in [0.1, 0.15) is 0 Å². The molecule has 4 nitrogen and oxygen atoms in total. The van der Waals surface area contributed by atoms with E-state index < -0.39 is 0 Å². The van der Waals surface area contributed by atoms with Gasteiger partial charge >= 0.3 is 0 Å².